The zero-order valence-electron chi connectivity index (χ0n) is 22.5. The smallest absolute Gasteiger partial charge is 0.254 e. The number of amides is 2. The fourth-order valence-corrected chi connectivity index (χ4v) is 5.13. The van der Waals surface area contributed by atoms with E-state index in [1.54, 1.807) is 0 Å². The Labute approximate surface area is 219 Å². The molecule has 37 heavy (non-hydrogen) atoms. The molecule has 1 atom stereocenters. The second kappa shape index (κ2) is 10.9. The Morgan fingerprint density at radius 1 is 1.19 bits per heavy atom. The molecule has 0 fully saturated rings. The number of aromatic amines is 1. The number of hydrogen-bond acceptors (Lipinski definition) is 4. The van der Waals surface area contributed by atoms with E-state index in [1.807, 2.05) is 55.1 Å². The van der Waals surface area contributed by atoms with Crippen molar-refractivity contribution < 1.29 is 14.7 Å². The number of aromatic nitrogens is 2. The van der Waals surface area contributed by atoms with Crippen molar-refractivity contribution in [2.24, 2.45) is 5.41 Å². The Balaban J connectivity index is 0.00000156. The van der Waals surface area contributed by atoms with Crippen LogP contribution in [0.25, 0.3) is 11.3 Å². The summed E-state index contributed by atoms with van der Waals surface area (Å²) < 4.78 is 0. The molecule has 7 heteroatoms. The summed E-state index contributed by atoms with van der Waals surface area (Å²) >= 11 is 0. The van der Waals surface area contributed by atoms with Gasteiger partial charge in [-0.05, 0) is 73.4 Å². The van der Waals surface area contributed by atoms with Gasteiger partial charge in [-0.2, -0.15) is 5.10 Å². The second-order valence-electron chi connectivity index (χ2n) is 10.9. The molecule has 0 bridgehead atoms. The highest BCUT2D eigenvalue weighted by Crippen LogP contribution is 2.38. The molecule has 196 valence electrons. The van der Waals surface area contributed by atoms with E-state index in [2.05, 4.69) is 35.4 Å². The molecule has 0 unspecified atom stereocenters. The molecule has 2 heterocycles. The van der Waals surface area contributed by atoms with Crippen LogP contribution in [0.5, 0.6) is 0 Å². The van der Waals surface area contributed by atoms with Crippen molar-refractivity contribution in [3.63, 3.8) is 0 Å². The largest absolute Gasteiger partial charge is 0.400 e. The Bertz CT molecular complexity index is 1280. The van der Waals surface area contributed by atoms with Gasteiger partial charge in [0.15, 0.2) is 0 Å². The van der Waals surface area contributed by atoms with E-state index in [4.69, 9.17) is 5.11 Å². The quantitative estimate of drug-likeness (QED) is 0.447. The van der Waals surface area contributed by atoms with Crippen LogP contribution in [0.15, 0.2) is 42.5 Å². The zero-order valence-corrected chi connectivity index (χ0v) is 22.5. The van der Waals surface area contributed by atoms with Crippen LogP contribution in [-0.4, -0.2) is 45.2 Å². The number of carbonyl (C=O) groups excluding carboxylic acids is 2. The van der Waals surface area contributed by atoms with Crippen molar-refractivity contribution in [2.45, 2.75) is 72.5 Å². The fourth-order valence-electron chi connectivity index (χ4n) is 5.13. The summed E-state index contributed by atoms with van der Waals surface area (Å²) in [6.45, 7) is 9.75. The minimum Gasteiger partial charge on any atom is -0.400 e. The predicted octanol–water partition coefficient (Wildman–Crippen LogP) is 4.88. The van der Waals surface area contributed by atoms with Gasteiger partial charge < -0.3 is 15.3 Å². The normalized spacial score (nSPS) is 16.4. The monoisotopic (exact) mass is 502 g/mol. The Hall–Kier alpha value is -3.45. The lowest BCUT2D eigenvalue weighted by atomic mass is 9.76. The van der Waals surface area contributed by atoms with E-state index in [0.717, 1.165) is 60.7 Å². The number of rotatable bonds is 6. The summed E-state index contributed by atoms with van der Waals surface area (Å²) in [7, 11) is 1.00. The first-order valence-corrected chi connectivity index (χ1v) is 13.1. The van der Waals surface area contributed by atoms with Crippen molar-refractivity contribution >= 4 is 11.8 Å². The van der Waals surface area contributed by atoms with Gasteiger partial charge in [-0.3, -0.25) is 14.7 Å². The number of nitrogens with one attached hydrogen (secondary N) is 2. The topological polar surface area (TPSA) is 98.3 Å². The summed E-state index contributed by atoms with van der Waals surface area (Å²) in [6, 6.07) is 13.8. The minimum absolute atomic E-state index is 0.0518. The van der Waals surface area contributed by atoms with Gasteiger partial charge >= 0.3 is 0 Å². The van der Waals surface area contributed by atoms with E-state index in [1.165, 1.54) is 11.3 Å². The average Bonchev–Trinajstić information content (AvgIpc) is 3.44. The van der Waals surface area contributed by atoms with Crippen LogP contribution in [0.3, 0.4) is 0 Å². The number of aliphatic hydroxyl groups is 1. The predicted molar refractivity (Wildman–Crippen MR) is 145 cm³/mol. The van der Waals surface area contributed by atoms with Crippen molar-refractivity contribution in [3.05, 3.63) is 76.0 Å². The third-order valence-electron chi connectivity index (χ3n) is 7.50. The standard InChI is InChI=1S/C29H34N4O2.CH4O/c1-5-18(2)30-27(34)20-8-6-19(7-9-20)16-33-17-22-14-21(10-11-23(22)28(33)35)26-24-12-13-29(3,4)15-25(24)31-32-26;1-2/h6-11,14,18H,5,12-13,15-17H2,1-4H3,(H,30,34)(H,31,32);2H,1H3/t18-;/m1./s1. The molecule has 3 N–H and O–H groups in total. The number of nitrogens with zero attached hydrogens (tertiary/aromatic N) is 2. The summed E-state index contributed by atoms with van der Waals surface area (Å²) in [4.78, 5) is 27.3. The SMILES string of the molecule is CC[C@@H](C)NC(=O)c1ccc(CN2Cc3cc(-c4n[nH]c5c4CCC(C)(C)C5)ccc3C2=O)cc1.CO. The van der Waals surface area contributed by atoms with Gasteiger partial charge in [0.05, 0.1) is 5.69 Å². The van der Waals surface area contributed by atoms with Crippen LogP contribution >= 0.6 is 0 Å². The first-order chi connectivity index (χ1) is 17.7. The molecule has 3 aromatic rings. The maximum absolute atomic E-state index is 13.1. The molecule has 2 amide bonds. The van der Waals surface area contributed by atoms with Crippen LogP contribution in [0, 0.1) is 5.41 Å². The number of hydrogen-bond donors (Lipinski definition) is 3. The van der Waals surface area contributed by atoms with Gasteiger partial charge in [0.1, 0.15) is 0 Å². The minimum atomic E-state index is -0.0628. The van der Waals surface area contributed by atoms with Gasteiger partial charge in [0, 0.05) is 54.2 Å². The molecule has 2 aliphatic rings. The van der Waals surface area contributed by atoms with Gasteiger partial charge in [0.2, 0.25) is 0 Å². The summed E-state index contributed by atoms with van der Waals surface area (Å²) in [6.07, 6.45) is 4.10. The van der Waals surface area contributed by atoms with Crippen LogP contribution in [0.1, 0.15) is 83.6 Å². The molecule has 0 saturated carbocycles. The van der Waals surface area contributed by atoms with E-state index in [9.17, 15) is 9.59 Å². The zero-order chi connectivity index (χ0) is 26.7. The fraction of sp³-hybridized carbons (Fsp3) is 0.433. The Morgan fingerprint density at radius 3 is 2.62 bits per heavy atom. The number of benzene rings is 2. The summed E-state index contributed by atoms with van der Waals surface area (Å²) in [5.41, 5.74) is 8.43. The van der Waals surface area contributed by atoms with E-state index >= 15 is 0 Å². The first-order valence-electron chi connectivity index (χ1n) is 13.1. The molecular formula is C30H38N4O3. The maximum Gasteiger partial charge on any atom is 0.254 e. The molecule has 0 saturated heterocycles. The average molecular weight is 503 g/mol. The van der Waals surface area contributed by atoms with Crippen LogP contribution in [0.2, 0.25) is 0 Å². The Morgan fingerprint density at radius 2 is 1.92 bits per heavy atom. The molecule has 1 aromatic heterocycles. The highest BCUT2D eigenvalue weighted by Gasteiger charge is 2.31. The van der Waals surface area contributed by atoms with Crippen LogP contribution < -0.4 is 5.32 Å². The molecular weight excluding hydrogens is 464 g/mol. The summed E-state index contributed by atoms with van der Waals surface area (Å²) in [5, 5.41) is 17.9. The van der Waals surface area contributed by atoms with Crippen molar-refractivity contribution in [2.75, 3.05) is 7.11 Å². The van der Waals surface area contributed by atoms with E-state index in [0.29, 0.717) is 24.1 Å². The van der Waals surface area contributed by atoms with Gasteiger partial charge in [0.25, 0.3) is 11.8 Å². The first kappa shape index (κ1) is 26.6. The third kappa shape index (κ3) is 5.62. The van der Waals surface area contributed by atoms with Crippen LogP contribution in [-0.2, 0) is 25.9 Å². The lowest BCUT2D eigenvalue weighted by Gasteiger charge is -2.29. The van der Waals surface area contributed by atoms with Gasteiger partial charge in [-0.15, -0.1) is 0 Å². The third-order valence-corrected chi connectivity index (χ3v) is 7.50. The highest BCUT2D eigenvalue weighted by atomic mass is 16.2. The van der Waals surface area contributed by atoms with Crippen LogP contribution in [0.4, 0.5) is 0 Å². The highest BCUT2D eigenvalue weighted by molar-refractivity contribution is 5.99. The molecule has 2 aromatic carbocycles. The number of aliphatic hydroxyl groups excluding tert-OH is 1. The van der Waals surface area contributed by atoms with Crippen molar-refractivity contribution in [1.29, 1.82) is 0 Å². The Kier molecular flexibility index (Phi) is 7.83. The molecule has 0 spiro atoms. The van der Waals surface area contributed by atoms with Gasteiger partial charge in [-0.1, -0.05) is 39.0 Å². The number of fused-ring (bicyclic) bond motifs is 2. The van der Waals surface area contributed by atoms with E-state index < -0.39 is 0 Å². The van der Waals surface area contributed by atoms with Crippen molar-refractivity contribution in [3.8, 4) is 11.3 Å². The molecule has 1 aliphatic carbocycles. The molecule has 0 radical (unpaired) electrons. The molecule has 7 nitrogen and oxygen atoms in total. The summed E-state index contributed by atoms with van der Waals surface area (Å²) in [5.74, 6) is -0.0110. The number of H-pyrrole nitrogens is 1. The van der Waals surface area contributed by atoms with Gasteiger partial charge in [-0.25, -0.2) is 0 Å². The second-order valence-corrected chi connectivity index (χ2v) is 10.9. The maximum atomic E-state index is 13.1. The van der Waals surface area contributed by atoms with Crippen molar-refractivity contribution in [1.82, 2.24) is 20.4 Å². The molecule has 1 aliphatic heterocycles. The van der Waals surface area contributed by atoms with E-state index in [-0.39, 0.29) is 17.9 Å². The molecule has 5 rings (SSSR count). The number of carbonyl (C=O) groups is 2. The lowest BCUT2D eigenvalue weighted by molar-refractivity contribution is 0.0766. The lowest BCUT2D eigenvalue weighted by Crippen LogP contribution is -2.31.